The Morgan fingerprint density at radius 2 is 1.82 bits per heavy atom. The number of carbonyl (C=O) groups excluding carboxylic acids is 1. The fraction of sp³-hybridized carbons (Fsp3) is 0.923. The summed E-state index contributed by atoms with van der Waals surface area (Å²) in [6, 6.07) is 1.10. The molecule has 2 atom stereocenters. The largest absolute Gasteiger partial charge is 0.356 e. The van der Waals surface area contributed by atoms with Gasteiger partial charge in [-0.25, -0.2) is 0 Å². The Labute approximate surface area is 104 Å². The van der Waals surface area contributed by atoms with Gasteiger partial charge in [0.15, 0.2) is 0 Å². The summed E-state index contributed by atoms with van der Waals surface area (Å²) in [6.07, 6.45) is 6.69. The first-order chi connectivity index (χ1) is 8.27. The molecule has 0 aliphatic carbocycles. The first-order valence-corrected chi connectivity index (χ1v) is 6.96. The summed E-state index contributed by atoms with van der Waals surface area (Å²) in [5.74, 6) is 0.228. The van der Waals surface area contributed by atoms with Gasteiger partial charge in [-0.05, 0) is 52.2 Å². The molecule has 0 aromatic carbocycles. The monoisotopic (exact) mass is 239 g/mol. The number of nitrogens with zero attached hydrogens (tertiary/aromatic N) is 1. The van der Waals surface area contributed by atoms with E-state index in [0.29, 0.717) is 18.5 Å². The molecule has 0 saturated carbocycles. The van der Waals surface area contributed by atoms with Crippen molar-refractivity contribution in [3.05, 3.63) is 0 Å². The molecule has 2 N–H and O–H groups in total. The van der Waals surface area contributed by atoms with Crippen LogP contribution in [-0.4, -0.2) is 49.6 Å². The number of rotatable bonds is 2. The van der Waals surface area contributed by atoms with Crippen LogP contribution in [0, 0.1) is 0 Å². The van der Waals surface area contributed by atoms with Crippen LogP contribution in [0.1, 0.15) is 38.5 Å². The Morgan fingerprint density at radius 3 is 2.71 bits per heavy atom. The molecule has 2 aliphatic heterocycles. The maximum absolute atomic E-state index is 11.6. The molecular formula is C13H25N3O. The van der Waals surface area contributed by atoms with Crippen LogP contribution in [0.4, 0.5) is 0 Å². The van der Waals surface area contributed by atoms with Crippen LogP contribution in [0.5, 0.6) is 0 Å². The fourth-order valence-electron chi connectivity index (χ4n) is 3.01. The zero-order valence-electron chi connectivity index (χ0n) is 10.9. The van der Waals surface area contributed by atoms with E-state index in [0.717, 1.165) is 32.5 Å². The van der Waals surface area contributed by atoms with Gasteiger partial charge in [-0.2, -0.15) is 0 Å². The first-order valence-electron chi connectivity index (χ1n) is 6.96. The highest BCUT2D eigenvalue weighted by atomic mass is 16.1. The second-order valence-electron chi connectivity index (χ2n) is 5.35. The SMILES string of the molecule is CN(C1CCCNCC1)C1CCCNC(=O)C1. The standard InChI is InChI=1S/C13H25N3O/c1-16(11-4-2-7-14-9-6-11)12-5-3-8-15-13(17)10-12/h11-12,14H,2-10H2,1H3,(H,15,17). The molecule has 2 fully saturated rings. The van der Waals surface area contributed by atoms with Gasteiger partial charge >= 0.3 is 0 Å². The fourth-order valence-corrected chi connectivity index (χ4v) is 3.01. The molecule has 2 aliphatic rings. The van der Waals surface area contributed by atoms with Gasteiger partial charge in [0.25, 0.3) is 0 Å². The highest BCUT2D eigenvalue weighted by molar-refractivity contribution is 5.76. The van der Waals surface area contributed by atoms with Gasteiger partial charge in [-0.3, -0.25) is 9.69 Å². The molecule has 17 heavy (non-hydrogen) atoms. The molecule has 1 amide bonds. The van der Waals surface area contributed by atoms with E-state index in [2.05, 4.69) is 22.6 Å². The zero-order valence-corrected chi connectivity index (χ0v) is 10.9. The van der Waals surface area contributed by atoms with Gasteiger partial charge < -0.3 is 10.6 Å². The molecule has 4 heteroatoms. The van der Waals surface area contributed by atoms with Crippen molar-refractivity contribution in [1.29, 1.82) is 0 Å². The molecular weight excluding hydrogens is 214 g/mol. The van der Waals surface area contributed by atoms with Gasteiger partial charge in [-0.1, -0.05) is 0 Å². The van der Waals surface area contributed by atoms with Crippen molar-refractivity contribution in [1.82, 2.24) is 15.5 Å². The Hall–Kier alpha value is -0.610. The molecule has 98 valence electrons. The predicted molar refractivity (Wildman–Crippen MR) is 68.9 cm³/mol. The lowest BCUT2D eigenvalue weighted by Gasteiger charge is -2.33. The second-order valence-corrected chi connectivity index (χ2v) is 5.35. The van der Waals surface area contributed by atoms with Gasteiger partial charge in [0, 0.05) is 25.0 Å². The van der Waals surface area contributed by atoms with Gasteiger partial charge in [0.05, 0.1) is 0 Å². The van der Waals surface area contributed by atoms with E-state index in [9.17, 15) is 4.79 Å². The molecule has 0 bridgehead atoms. The summed E-state index contributed by atoms with van der Waals surface area (Å²) in [5.41, 5.74) is 0. The highest BCUT2D eigenvalue weighted by Gasteiger charge is 2.26. The minimum Gasteiger partial charge on any atom is -0.356 e. The summed E-state index contributed by atoms with van der Waals surface area (Å²) in [5, 5.41) is 6.42. The van der Waals surface area contributed by atoms with Crippen molar-refractivity contribution >= 4 is 5.91 Å². The van der Waals surface area contributed by atoms with E-state index in [-0.39, 0.29) is 5.91 Å². The number of amides is 1. The molecule has 0 aromatic heterocycles. The molecule has 2 rings (SSSR count). The van der Waals surface area contributed by atoms with E-state index in [1.54, 1.807) is 0 Å². The maximum Gasteiger partial charge on any atom is 0.221 e. The van der Waals surface area contributed by atoms with E-state index < -0.39 is 0 Å². The van der Waals surface area contributed by atoms with Crippen LogP contribution in [0.25, 0.3) is 0 Å². The summed E-state index contributed by atoms with van der Waals surface area (Å²) in [4.78, 5) is 14.1. The molecule has 0 radical (unpaired) electrons. The van der Waals surface area contributed by atoms with E-state index in [4.69, 9.17) is 0 Å². The van der Waals surface area contributed by atoms with Crippen LogP contribution in [0.2, 0.25) is 0 Å². The molecule has 0 spiro atoms. The Kier molecular flexibility index (Phi) is 4.80. The molecule has 2 heterocycles. The second kappa shape index (κ2) is 6.36. The normalized spacial score (nSPS) is 31.8. The number of hydrogen-bond donors (Lipinski definition) is 2. The van der Waals surface area contributed by atoms with E-state index in [1.165, 1.54) is 19.3 Å². The molecule has 4 nitrogen and oxygen atoms in total. The van der Waals surface area contributed by atoms with Crippen molar-refractivity contribution in [3.63, 3.8) is 0 Å². The Morgan fingerprint density at radius 1 is 1.06 bits per heavy atom. The van der Waals surface area contributed by atoms with Crippen LogP contribution >= 0.6 is 0 Å². The van der Waals surface area contributed by atoms with Crippen molar-refractivity contribution < 1.29 is 4.79 Å². The maximum atomic E-state index is 11.6. The van der Waals surface area contributed by atoms with Crippen LogP contribution in [-0.2, 0) is 4.79 Å². The first kappa shape index (κ1) is 12.8. The lowest BCUT2D eigenvalue weighted by Crippen LogP contribution is -2.42. The minimum atomic E-state index is 0.228. The Bertz CT molecular complexity index is 249. The number of nitrogens with one attached hydrogen (secondary N) is 2. The average molecular weight is 239 g/mol. The summed E-state index contributed by atoms with van der Waals surface area (Å²) < 4.78 is 0. The van der Waals surface area contributed by atoms with Crippen molar-refractivity contribution in [2.24, 2.45) is 0 Å². The van der Waals surface area contributed by atoms with Crippen molar-refractivity contribution in [3.8, 4) is 0 Å². The third-order valence-electron chi connectivity index (χ3n) is 4.15. The summed E-state index contributed by atoms with van der Waals surface area (Å²) in [7, 11) is 2.21. The van der Waals surface area contributed by atoms with Crippen molar-refractivity contribution in [2.75, 3.05) is 26.7 Å². The average Bonchev–Trinajstić information content (AvgIpc) is 2.70. The minimum absolute atomic E-state index is 0.228. The number of carbonyl (C=O) groups is 1. The predicted octanol–water partition coefficient (Wildman–Crippen LogP) is 0.729. The zero-order chi connectivity index (χ0) is 12.1. The molecule has 2 saturated heterocycles. The third kappa shape index (κ3) is 3.68. The van der Waals surface area contributed by atoms with Gasteiger partial charge in [-0.15, -0.1) is 0 Å². The summed E-state index contributed by atoms with van der Waals surface area (Å²) >= 11 is 0. The molecule has 2 unspecified atom stereocenters. The van der Waals surface area contributed by atoms with Crippen molar-refractivity contribution in [2.45, 2.75) is 50.6 Å². The van der Waals surface area contributed by atoms with Gasteiger partial charge in [0.1, 0.15) is 0 Å². The lowest BCUT2D eigenvalue weighted by atomic mass is 10.0. The number of hydrogen-bond acceptors (Lipinski definition) is 3. The van der Waals surface area contributed by atoms with E-state index >= 15 is 0 Å². The van der Waals surface area contributed by atoms with E-state index in [1.807, 2.05) is 0 Å². The molecule has 0 aromatic rings. The third-order valence-corrected chi connectivity index (χ3v) is 4.15. The lowest BCUT2D eigenvalue weighted by molar-refractivity contribution is -0.121. The van der Waals surface area contributed by atoms with Crippen LogP contribution in [0.15, 0.2) is 0 Å². The smallest absolute Gasteiger partial charge is 0.221 e. The van der Waals surface area contributed by atoms with Gasteiger partial charge in [0.2, 0.25) is 5.91 Å². The van der Waals surface area contributed by atoms with Crippen LogP contribution in [0.3, 0.4) is 0 Å². The quantitative estimate of drug-likeness (QED) is 0.746. The summed E-state index contributed by atoms with van der Waals surface area (Å²) in [6.45, 7) is 3.12. The Balaban J connectivity index is 1.91. The van der Waals surface area contributed by atoms with Crippen LogP contribution < -0.4 is 10.6 Å². The highest BCUT2D eigenvalue weighted by Crippen LogP contribution is 2.20. The topological polar surface area (TPSA) is 44.4 Å².